The Balaban J connectivity index is 1.92. The van der Waals surface area contributed by atoms with Crippen molar-refractivity contribution < 1.29 is 9.59 Å². The summed E-state index contributed by atoms with van der Waals surface area (Å²) in [7, 11) is 0. The van der Waals surface area contributed by atoms with Crippen LogP contribution in [0.1, 0.15) is 44.7 Å². The van der Waals surface area contributed by atoms with E-state index in [1.165, 1.54) is 0 Å². The zero-order valence-electron chi connectivity index (χ0n) is 14.9. The third-order valence-electron chi connectivity index (χ3n) is 4.28. The highest BCUT2D eigenvalue weighted by molar-refractivity contribution is 5.93. The SMILES string of the molecule is Cc1cc(C)cc(NC(=O)C2CCN(C(=O)C(C)(C)C)CC2)c1. The number of anilines is 1. The molecule has 0 radical (unpaired) electrons. The van der Waals surface area contributed by atoms with Crippen LogP contribution in [0, 0.1) is 25.2 Å². The maximum atomic E-state index is 12.4. The molecule has 1 aliphatic heterocycles. The Morgan fingerprint density at radius 2 is 1.57 bits per heavy atom. The molecule has 1 N–H and O–H groups in total. The van der Waals surface area contributed by atoms with Gasteiger partial charge in [0.1, 0.15) is 0 Å². The van der Waals surface area contributed by atoms with Crippen molar-refractivity contribution in [3.8, 4) is 0 Å². The minimum Gasteiger partial charge on any atom is -0.342 e. The molecule has 1 saturated heterocycles. The summed E-state index contributed by atoms with van der Waals surface area (Å²) in [6.45, 7) is 11.2. The van der Waals surface area contributed by atoms with Crippen molar-refractivity contribution in [2.24, 2.45) is 11.3 Å². The van der Waals surface area contributed by atoms with Gasteiger partial charge in [-0.2, -0.15) is 0 Å². The number of hydrogen-bond donors (Lipinski definition) is 1. The molecule has 1 aliphatic rings. The van der Waals surface area contributed by atoms with Gasteiger partial charge in [-0.15, -0.1) is 0 Å². The fourth-order valence-corrected chi connectivity index (χ4v) is 3.11. The third kappa shape index (κ3) is 4.57. The van der Waals surface area contributed by atoms with Crippen LogP contribution in [0.2, 0.25) is 0 Å². The van der Waals surface area contributed by atoms with E-state index in [-0.39, 0.29) is 23.1 Å². The van der Waals surface area contributed by atoms with Crippen molar-refractivity contribution in [3.63, 3.8) is 0 Å². The second-order valence-corrected chi connectivity index (χ2v) is 7.68. The summed E-state index contributed by atoms with van der Waals surface area (Å²) in [6.07, 6.45) is 1.47. The van der Waals surface area contributed by atoms with E-state index >= 15 is 0 Å². The summed E-state index contributed by atoms with van der Waals surface area (Å²) in [6, 6.07) is 6.07. The van der Waals surface area contributed by atoms with Gasteiger partial charge in [0.15, 0.2) is 0 Å². The van der Waals surface area contributed by atoms with Crippen LogP contribution < -0.4 is 5.32 Å². The zero-order chi connectivity index (χ0) is 17.2. The fourth-order valence-electron chi connectivity index (χ4n) is 3.11. The predicted molar refractivity (Wildman–Crippen MR) is 93.3 cm³/mol. The van der Waals surface area contributed by atoms with Gasteiger partial charge in [0.25, 0.3) is 0 Å². The molecule has 0 bridgehead atoms. The molecule has 126 valence electrons. The lowest BCUT2D eigenvalue weighted by Gasteiger charge is -2.35. The van der Waals surface area contributed by atoms with Crippen LogP contribution in [-0.2, 0) is 9.59 Å². The van der Waals surface area contributed by atoms with Gasteiger partial charge in [0.05, 0.1) is 0 Å². The molecule has 0 spiro atoms. The Labute approximate surface area is 139 Å². The molecule has 0 atom stereocenters. The number of nitrogens with zero attached hydrogens (tertiary/aromatic N) is 1. The summed E-state index contributed by atoms with van der Waals surface area (Å²) in [5.41, 5.74) is 2.80. The lowest BCUT2D eigenvalue weighted by molar-refractivity contribution is -0.142. The van der Waals surface area contributed by atoms with Gasteiger partial charge in [-0.05, 0) is 49.9 Å². The first kappa shape index (κ1) is 17.5. The molecule has 1 fully saturated rings. The largest absolute Gasteiger partial charge is 0.342 e. The van der Waals surface area contributed by atoms with E-state index in [9.17, 15) is 9.59 Å². The zero-order valence-corrected chi connectivity index (χ0v) is 14.9. The summed E-state index contributed by atoms with van der Waals surface area (Å²) >= 11 is 0. The van der Waals surface area contributed by atoms with E-state index in [2.05, 4.69) is 11.4 Å². The van der Waals surface area contributed by atoms with E-state index in [1.54, 1.807) is 0 Å². The first-order valence-electron chi connectivity index (χ1n) is 8.35. The maximum Gasteiger partial charge on any atom is 0.227 e. The number of hydrogen-bond acceptors (Lipinski definition) is 2. The van der Waals surface area contributed by atoms with Gasteiger partial charge in [-0.3, -0.25) is 9.59 Å². The molecule has 4 heteroatoms. The Morgan fingerprint density at radius 3 is 2.04 bits per heavy atom. The highest BCUT2D eigenvalue weighted by Crippen LogP contribution is 2.25. The van der Waals surface area contributed by atoms with E-state index in [4.69, 9.17) is 0 Å². The Morgan fingerprint density at radius 1 is 1.04 bits per heavy atom. The first-order chi connectivity index (χ1) is 10.7. The number of nitrogens with one attached hydrogen (secondary N) is 1. The van der Waals surface area contributed by atoms with Crippen molar-refractivity contribution >= 4 is 17.5 Å². The lowest BCUT2D eigenvalue weighted by Crippen LogP contribution is -2.45. The molecular weight excluding hydrogens is 288 g/mol. The topological polar surface area (TPSA) is 49.4 Å². The maximum absolute atomic E-state index is 12.4. The third-order valence-corrected chi connectivity index (χ3v) is 4.28. The second-order valence-electron chi connectivity index (χ2n) is 7.68. The van der Waals surface area contributed by atoms with Gasteiger partial charge in [-0.1, -0.05) is 26.8 Å². The summed E-state index contributed by atoms with van der Waals surface area (Å²) in [5.74, 6) is 0.225. The second kappa shape index (κ2) is 6.73. The molecule has 0 unspecified atom stereocenters. The van der Waals surface area contributed by atoms with Crippen LogP contribution in [0.25, 0.3) is 0 Å². The number of amides is 2. The molecule has 2 amide bonds. The summed E-state index contributed by atoms with van der Waals surface area (Å²) < 4.78 is 0. The predicted octanol–water partition coefficient (Wildman–Crippen LogP) is 3.53. The van der Waals surface area contributed by atoms with Gasteiger partial charge in [-0.25, -0.2) is 0 Å². The van der Waals surface area contributed by atoms with Crippen molar-refractivity contribution in [2.75, 3.05) is 18.4 Å². The van der Waals surface area contributed by atoms with Crippen molar-refractivity contribution in [2.45, 2.75) is 47.5 Å². The van der Waals surface area contributed by atoms with E-state index in [1.807, 2.05) is 51.7 Å². The number of rotatable bonds is 2. The van der Waals surface area contributed by atoms with Crippen LogP contribution in [-0.4, -0.2) is 29.8 Å². The molecule has 23 heavy (non-hydrogen) atoms. The van der Waals surface area contributed by atoms with Gasteiger partial charge >= 0.3 is 0 Å². The van der Waals surface area contributed by atoms with Crippen molar-refractivity contribution in [3.05, 3.63) is 29.3 Å². The van der Waals surface area contributed by atoms with Crippen LogP contribution in [0.5, 0.6) is 0 Å². The van der Waals surface area contributed by atoms with E-state index < -0.39 is 0 Å². The molecule has 1 aromatic rings. The number of benzene rings is 1. The van der Waals surface area contributed by atoms with E-state index in [0.717, 1.165) is 29.7 Å². The Kier molecular flexibility index (Phi) is 5.12. The number of carbonyl (C=O) groups excluding carboxylic acids is 2. The molecule has 0 saturated carbocycles. The molecule has 0 aromatic heterocycles. The Bertz CT molecular complexity index is 574. The lowest BCUT2D eigenvalue weighted by atomic mass is 9.90. The van der Waals surface area contributed by atoms with Crippen LogP contribution in [0.4, 0.5) is 5.69 Å². The molecule has 1 heterocycles. The average molecular weight is 316 g/mol. The highest BCUT2D eigenvalue weighted by atomic mass is 16.2. The van der Waals surface area contributed by atoms with Crippen molar-refractivity contribution in [1.29, 1.82) is 0 Å². The van der Waals surface area contributed by atoms with Gasteiger partial charge < -0.3 is 10.2 Å². The number of likely N-dealkylation sites (tertiary alicyclic amines) is 1. The van der Waals surface area contributed by atoms with Crippen LogP contribution in [0.15, 0.2) is 18.2 Å². The molecule has 2 rings (SSSR count). The van der Waals surface area contributed by atoms with Crippen LogP contribution in [0.3, 0.4) is 0 Å². The molecular formula is C19H28N2O2. The van der Waals surface area contributed by atoms with E-state index in [0.29, 0.717) is 13.1 Å². The van der Waals surface area contributed by atoms with Crippen molar-refractivity contribution in [1.82, 2.24) is 4.90 Å². The normalized spacial score (nSPS) is 16.3. The smallest absolute Gasteiger partial charge is 0.227 e. The van der Waals surface area contributed by atoms with Crippen LogP contribution >= 0.6 is 0 Å². The minimum atomic E-state index is -0.353. The standard InChI is InChI=1S/C19H28N2O2/c1-13-10-14(2)12-16(11-13)20-17(22)15-6-8-21(9-7-15)18(23)19(3,4)5/h10-12,15H,6-9H2,1-5H3,(H,20,22). The molecule has 4 nitrogen and oxygen atoms in total. The Hall–Kier alpha value is -1.84. The number of piperidine rings is 1. The molecule has 1 aromatic carbocycles. The van der Waals surface area contributed by atoms with Gasteiger partial charge in [0, 0.05) is 30.1 Å². The number of carbonyl (C=O) groups is 2. The average Bonchev–Trinajstić information content (AvgIpc) is 2.44. The monoisotopic (exact) mass is 316 g/mol. The van der Waals surface area contributed by atoms with Gasteiger partial charge in [0.2, 0.25) is 11.8 Å². The fraction of sp³-hybridized carbons (Fsp3) is 0.579. The summed E-state index contributed by atoms with van der Waals surface area (Å²) in [4.78, 5) is 26.6. The first-order valence-corrected chi connectivity index (χ1v) is 8.35. The highest BCUT2D eigenvalue weighted by Gasteiger charge is 2.32. The molecule has 0 aliphatic carbocycles. The minimum absolute atomic E-state index is 0.0140. The quantitative estimate of drug-likeness (QED) is 0.907. The summed E-state index contributed by atoms with van der Waals surface area (Å²) in [5, 5.41) is 3.03. The number of aryl methyl sites for hydroxylation is 2.